The van der Waals surface area contributed by atoms with Gasteiger partial charge in [-0.3, -0.25) is 9.69 Å². The molecule has 1 unspecified atom stereocenters. The fourth-order valence-electron chi connectivity index (χ4n) is 2.87. The lowest BCUT2D eigenvalue weighted by Crippen LogP contribution is -2.38. The highest BCUT2D eigenvalue weighted by molar-refractivity contribution is 5.93. The van der Waals surface area contributed by atoms with Crippen LogP contribution in [0.3, 0.4) is 0 Å². The van der Waals surface area contributed by atoms with Crippen molar-refractivity contribution >= 4 is 11.6 Å². The summed E-state index contributed by atoms with van der Waals surface area (Å²) in [5.74, 6) is 0.0726. The number of nitrogens with zero attached hydrogens (tertiary/aromatic N) is 1. The number of anilines is 1. The van der Waals surface area contributed by atoms with Crippen LogP contribution in [0.4, 0.5) is 5.69 Å². The molecule has 1 aliphatic heterocycles. The Morgan fingerprint density at radius 3 is 2.95 bits per heavy atom. The van der Waals surface area contributed by atoms with Crippen molar-refractivity contribution in [2.45, 2.75) is 39.2 Å². The molecule has 116 valence electrons. The van der Waals surface area contributed by atoms with Crippen LogP contribution < -0.4 is 10.6 Å². The lowest BCUT2D eigenvalue weighted by Gasteiger charge is -2.26. The van der Waals surface area contributed by atoms with Crippen LogP contribution in [0, 0.1) is 13.8 Å². The summed E-state index contributed by atoms with van der Waals surface area (Å²) < 4.78 is 0. The van der Waals surface area contributed by atoms with Crippen LogP contribution in [0.15, 0.2) is 18.2 Å². The molecule has 1 aromatic carbocycles. The Morgan fingerprint density at radius 2 is 2.14 bits per heavy atom. The van der Waals surface area contributed by atoms with Gasteiger partial charge in [-0.05, 0) is 70.4 Å². The zero-order chi connectivity index (χ0) is 15.2. The van der Waals surface area contributed by atoms with Gasteiger partial charge in [0.2, 0.25) is 5.91 Å². The Morgan fingerprint density at radius 1 is 1.33 bits per heavy atom. The summed E-state index contributed by atoms with van der Waals surface area (Å²) in [6.45, 7) is 6.71. The number of hydrogen-bond acceptors (Lipinski definition) is 3. The Kier molecular flexibility index (Phi) is 5.76. The fraction of sp³-hybridized carbons (Fsp3) is 0.588. The van der Waals surface area contributed by atoms with Gasteiger partial charge in [0.05, 0.1) is 6.54 Å². The number of aryl methyl sites for hydroxylation is 1. The molecule has 4 heteroatoms. The molecule has 1 atom stereocenters. The second-order valence-corrected chi connectivity index (χ2v) is 6.05. The molecule has 0 aromatic heterocycles. The minimum absolute atomic E-state index is 0.0726. The van der Waals surface area contributed by atoms with Gasteiger partial charge in [0.25, 0.3) is 0 Å². The van der Waals surface area contributed by atoms with E-state index in [1.807, 2.05) is 19.1 Å². The van der Waals surface area contributed by atoms with E-state index in [0.29, 0.717) is 12.6 Å². The molecule has 1 heterocycles. The second-order valence-electron chi connectivity index (χ2n) is 6.05. The number of carbonyl (C=O) groups is 1. The Labute approximate surface area is 127 Å². The zero-order valence-corrected chi connectivity index (χ0v) is 13.4. The number of benzene rings is 1. The van der Waals surface area contributed by atoms with E-state index >= 15 is 0 Å². The minimum Gasteiger partial charge on any atom is -0.325 e. The van der Waals surface area contributed by atoms with E-state index in [1.165, 1.54) is 18.4 Å². The van der Waals surface area contributed by atoms with E-state index in [-0.39, 0.29) is 5.91 Å². The van der Waals surface area contributed by atoms with Gasteiger partial charge in [0.15, 0.2) is 0 Å². The van der Waals surface area contributed by atoms with E-state index in [9.17, 15) is 4.79 Å². The first-order valence-corrected chi connectivity index (χ1v) is 7.85. The number of amides is 1. The molecule has 0 bridgehead atoms. The van der Waals surface area contributed by atoms with Crippen molar-refractivity contribution in [1.82, 2.24) is 10.2 Å². The molecule has 1 amide bonds. The maximum Gasteiger partial charge on any atom is 0.238 e. The van der Waals surface area contributed by atoms with Crippen LogP contribution in [0.5, 0.6) is 0 Å². The third-order valence-corrected chi connectivity index (χ3v) is 4.44. The Bertz CT molecular complexity index is 479. The standard InChI is InChI=1S/C17H27N3O/c1-13-6-4-8-16(14(13)2)19-17(21)12-20(3)15-7-5-10-18-11-9-15/h4,6,8,15,18H,5,7,9-12H2,1-3H3,(H,19,21). The van der Waals surface area contributed by atoms with Gasteiger partial charge in [0.1, 0.15) is 0 Å². The molecule has 4 nitrogen and oxygen atoms in total. The van der Waals surface area contributed by atoms with Gasteiger partial charge < -0.3 is 10.6 Å². The monoisotopic (exact) mass is 289 g/mol. The van der Waals surface area contributed by atoms with Crippen molar-refractivity contribution in [1.29, 1.82) is 0 Å². The third-order valence-electron chi connectivity index (χ3n) is 4.44. The second kappa shape index (κ2) is 7.57. The summed E-state index contributed by atoms with van der Waals surface area (Å²) in [5.41, 5.74) is 3.28. The highest BCUT2D eigenvalue weighted by atomic mass is 16.2. The van der Waals surface area contributed by atoms with Crippen LogP contribution in [-0.2, 0) is 4.79 Å². The Balaban J connectivity index is 1.90. The quantitative estimate of drug-likeness (QED) is 0.894. The molecule has 0 saturated carbocycles. The predicted octanol–water partition coefficient (Wildman–Crippen LogP) is 2.32. The van der Waals surface area contributed by atoms with Gasteiger partial charge in [0, 0.05) is 11.7 Å². The van der Waals surface area contributed by atoms with Crippen molar-refractivity contribution in [3.05, 3.63) is 29.3 Å². The summed E-state index contributed by atoms with van der Waals surface area (Å²) in [7, 11) is 2.05. The predicted molar refractivity (Wildman–Crippen MR) is 87.7 cm³/mol. The van der Waals surface area contributed by atoms with E-state index in [2.05, 4.69) is 35.6 Å². The topological polar surface area (TPSA) is 44.4 Å². The normalized spacial score (nSPS) is 19.3. The van der Waals surface area contributed by atoms with Crippen molar-refractivity contribution < 1.29 is 4.79 Å². The van der Waals surface area contributed by atoms with Crippen LogP contribution in [-0.4, -0.2) is 43.5 Å². The first kappa shape index (κ1) is 16.0. The Hall–Kier alpha value is -1.39. The van der Waals surface area contributed by atoms with Gasteiger partial charge in [-0.1, -0.05) is 12.1 Å². The van der Waals surface area contributed by atoms with E-state index in [4.69, 9.17) is 0 Å². The van der Waals surface area contributed by atoms with Crippen LogP contribution in [0.25, 0.3) is 0 Å². The van der Waals surface area contributed by atoms with Crippen molar-refractivity contribution in [2.24, 2.45) is 0 Å². The molecule has 1 aromatic rings. The van der Waals surface area contributed by atoms with Crippen LogP contribution in [0.2, 0.25) is 0 Å². The zero-order valence-electron chi connectivity index (χ0n) is 13.4. The maximum absolute atomic E-state index is 12.2. The summed E-state index contributed by atoms with van der Waals surface area (Å²) in [5, 5.41) is 6.45. The minimum atomic E-state index is 0.0726. The highest BCUT2D eigenvalue weighted by Crippen LogP contribution is 2.18. The SMILES string of the molecule is Cc1cccc(NC(=O)CN(C)C2CCCNCC2)c1C. The molecule has 2 N–H and O–H groups in total. The molecule has 0 radical (unpaired) electrons. The third kappa shape index (κ3) is 4.55. The van der Waals surface area contributed by atoms with E-state index < -0.39 is 0 Å². The van der Waals surface area contributed by atoms with Crippen LogP contribution in [0.1, 0.15) is 30.4 Å². The van der Waals surface area contributed by atoms with Crippen molar-refractivity contribution in [3.63, 3.8) is 0 Å². The fourth-order valence-corrected chi connectivity index (χ4v) is 2.87. The number of likely N-dealkylation sites (N-methyl/N-ethyl adjacent to an activating group) is 1. The van der Waals surface area contributed by atoms with Crippen molar-refractivity contribution in [3.8, 4) is 0 Å². The summed E-state index contributed by atoms with van der Waals surface area (Å²) in [6.07, 6.45) is 3.47. The smallest absolute Gasteiger partial charge is 0.238 e. The summed E-state index contributed by atoms with van der Waals surface area (Å²) in [4.78, 5) is 14.4. The average molecular weight is 289 g/mol. The molecule has 0 aliphatic carbocycles. The van der Waals surface area contributed by atoms with Crippen LogP contribution >= 0.6 is 0 Å². The number of rotatable bonds is 4. The van der Waals surface area contributed by atoms with Gasteiger partial charge in [-0.2, -0.15) is 0 Å². The lowest BCUT2D eigenvalue weighted by molar-refractivity contribution is -0.117. The van der Waals surface area contributed by atoms with Gasteiger partial charge >= 0.3 is 0 Å². The highest BCUT2D eigenvalue weighted by Gasteiger charge is 2.19. The molecule has 1 aliphatic rings. The molecular formula is C17H27N3O. The summed E-state index contributed by atoms with van der Waals surface area (Å²) in [6, 6.07) is 6.52. The summed E-state index contributed by atoms with van der Waals surface area (Å²) >= 11 is 0. The molecule has 1 saturated heterocycles. The number of hydrogen-bond donors (Lipinski definition) is 2. The molecule has 2 rings (SSSR count). The largest absolute Gasteiger partial charge is 0.325 e. The maximum atomic E-state index is 12.2. The molecule has 0 spiro atoms. The van der Waals surface area contributed by atoms with E-state index in [0.717, 1.165) is 30.8 Å². The van der Waals surface area contributed by atoms with E-state index in [1.54, 1.807) is 0 Å². The first-order valence-electron chi connectivity index (χ1n) is 7.85. The average Bonchev–Trinajstić information content (AvgIpc) is 2.73. The van der Waals surface area contributed by atoms with Gasteiger partial charge in [-0.15, -0.1) is 0 Å². The number of nitrogens with one attached hydrogen (secondary N) is 2. The number of carbonyl (C=O) groups excluding carboxylic acids is 1. The van der Waals surface area contributed by atoms with Crippen molar-refractivity contribution in [2.75, 3.05) is 32.0 Å². The first-order chi connectivity index (χ1) is 10.1. The van der Waals surface area contributed by atoms with Gasteiger partial charge in [-0.25, -0.2) is 0 Å². The lowest BCUT2D eigenvalue weighted by atomic mass is 10.1. The molecular weight excluding hydrogens is 262 g/mol. The molecule has 1 fully saturated rings. The molecule has 21 heavy (non-hydrogen) atoms.